The quantitative estimate of drug-likeness (QED) is 0.619. The third-order valence-electron chi connectivity index (χ3n) is 2.61. The van der Waals surface area contributed by atoms with Crippen LogP contribution in [-0.4, -0.2) is 28.8 Å². The maximum absolute atomic E-state index is 7.47. The topological polar surface area (TPSA) is 72.0 Å². The second kappa shape index (κ2) is 4.84. The van der Waals surface area contributed by atoms with Gasteiger partial charge >= 0.3 is 0 Å². The van der Waals surface area contributed by atoms with Crippen LogP contribution in [0.25, 0.3) is 0 Å². The molecule has 0 saturated carbocycles. The third kappa shape index (κ3) is 2.36. The molecular formula is C11H15N3OS. The molecule has 1 aliphatic heterocycles. The monoisotopic (exact) mass is 237 g/mol. The van der Waals surface area contributed by atoms with E-state index in [9.17, 15) is 0 Å². The molecule has 4 nitrogen and oxygen atoms in total. The molecule has 0 amide bonds. The van der Waals surface area contributed by atoms with Crippen LogP contribution < -0.4 is 5.73 Å². The van der Waals surface area contributed by atoms with Crippen molar-refractivity contribution in [2.45, 2.75) is 29.6 Å². The molecule has 1 aliphatic rings. The Morgan fingerprint density at radius 2 is 2.50 bits per heavy atom. The molecule has 2 atom stereocenters. The molecule has 86 valence electrons. The standard InChI is InChI=1S/C11H15N3OS/c1-7-8(4-6-15-7)16-9-3-2-5-14-10(9)11(12)13/h2-3,5,7-8H,4,6H2,1H3,(H3,12,13). The first-order valence-corrected chi connectivity index (χ1v) is 6.14. The molecular weight excluding hydrogens is 222 g/mol. The van der Waals surface area contributed by atoms with Gasteiger partial charge in [-0.2, -0.15) is 0 Å². The number of amidine groups is 1. The summed E-state index contributed by atoms with van der Waals surface area (Å²) in [5, 5.41) is 7.90. The number of hydrogen-bond acceptors (Lipinski definition) is 4. The first kappa shape index (κ1) is 11.4. The SMILES string of the molecule is CC1OCCC1Sc1cccnc1C(=N)N. The molecule has 0 aromatic carbocycles. The molecule has 3 N–H and O–H groups in total. The van der Waals surface area contributed by atoms with Crippen LogP contribution in [0.4, 0.5) is 0 Å². The third-order valence-corrected chi connectivity index (χ3v) is 4.12. The van der Waals surface area contributed by atoms with E-state index in [1.165, 1.54) is 0 Å². The number of thioether (sulfide) groups is 1. The van der Waals surface area contributed by atoms with E-state index >= 15 is 0 Å². The highest BCUT2D eigenvalue weighted by atomic mass is 32.2. The van der Waals surface area contributed by atoms with Crippen molar-refractivity contribution in [3.63, 3.8) is 0 Å². The Bertz CT molecular complexity index is 397. The zero-order chi connectivity index (χ0) is 11.5. The van der Waals surface area contributed by atoms with Gasteiger partial charge in [0.25, 0.3) is 0 Å². The number of nitrogens with zero attached hydrogens (tertiary/aromatic N) is 1. The second-order valence-electron chi connectivity index (χ2n) is 3.78. The van der Waals surface area contributed by atoms with E-state index in [-0.39, 0.29) is 11.9 Å². The highest BCUT2D eigenvalue weighted by Crippen LogP contribution is 2.33. The van der Waals surface area contributed by atoms with E-state index in [4.69, 9.17) is 15.9 Å². The molecule has 0 aliphatic carbocycles. The Morgan fingerprint density at radius 3 is 3.12 bits per heavy atom. The largest absolute Gasteiger partial charge is 0.382 e. The van der Waals surface area contributed by atoms with Gasteiger partial charge in [0.2, 0.25) is 0 Å². The Hall–Kier alpha value is -1.07. The lowest BCUT2D eigenvalue weighted by atomic mass is 10.3. The van der Waals surface area contributed by atoms with Crippen LogP contribution in [0.5, 0.6) is 0 Å². The van der Waals surface area contributed by atoms with Crippen molar-refractivity contribution in [1.29, 1.82) is 5.41 Å². The van der Waals surface area contributed by atoms with E-state index < -0.39 is 0 Å². The fourth-order valence-corrected chi connectivity index (χ4v) is 2.96. The summed E-state index contributed by atoms with van der Waals surface area (Å²) in [4.78, 5) is 5.10. The van der Waals surface area contributed by atoms with E-state index in [1.54, 1.807) is 18.0 Å². The van der Waals surface area contributed by atoms with Gasteiger partial charge in [0.15, 0.2) is 0 Å². The van der Waals surface area contributed by atoms with Gasteiger partial charge in [-0.25, -0.2) is 0 Å². The minimum Gasteiger partial charge on any atom is -0.382 e. The summed E-state index contributed by atoms with van der Waals surface area (Å²) >= 11 is 1.71. The van der Waals surface area contributed by atoms with Crippen molar-refractivity contribution in [2.75, 3.05) is 6.61 Å². The van der Waals surface area contributed by atoms with Crippen molar-refractivity contribution in [3.05, 3.63) is 24.0 Å². The molecule has 2 unspecified atom stereocenters. The molecule has 16 heavy (non-hydrogen) atoms. The molecule has 0 spiro atoms. The fraction of sp³-hybridized carbons (Fsp3) is 0.455. The molecule has 1 fully saturated rings. The minimum atomic E-state index is 0.0228. The lowest BCUT2D eigenvalue weighted by Crippen LogP contribution is -2.17. The number of pyridine rings is 1. The number of nitrogens with two attached hydrogens (primary N) is 1. The van der Waals surface area contributed by atoms with Crippen LogP contribution in [0, 0.1) is 5.41 Å². The van der Waals surface area contributed by atoms with Gasteiger partial charge in [0, 0.05) is 22.9 Å². The summed E-state index contributed by atoms with van der Waals surface area (Å²) in [6, 6.07) is 3.83. The number of nitrogen functional groups attached to an aromatic ring is 1. The van der Waals surface area contributed by atoms with Gasteiger partial charge in [-0.3, -0.25) is 10.4 Å². The summed E-state index contributed by atoms with van der Waals surface area (Å²) in [5.41, 5.74) is 6.08. The predicted octanol–water partition coefficient (Wildman–Crippen LogP) is 1.64. The number of rotatable bonds is 3. The lowest BCUT2D eigenvalue weighted by Gasteiger charge is -2.14. The molecule has 0 bridgehead atoms. The molecule has 1 saturated heterocycles. The van der Waals surface area contributed by atoms with Crippen LogP contribution in [0.2, 0.25) is 0 Å². The van der Waals surface area contributed by atoms with E-state index in [1.807, 2.05) is 12.1 Å². The molecule has 1 aromatic rings. The van der Waals surface area contributed by atoms with Crippen LogP contribution in [-0.2, 0) is 4.74 Å². The number of nitrogens with one attached hydrogen (secondary N) is 1. The number of hydrogen-bond donors (Lipinski definition) is 2. The Balaban J connectivity index is 2.17. The molecule has 0 radical (unpaired) electrons. The molecule has 5 heteroatoms. The molecule has 2 heterocycles. The molecule has 2 rings (SSSR count). The van der Waals surface area contributed by atoms with E-state index in [0.717, 1.165) is 17.9 Å². The first-order chi connectivity index (χ1) is 7.68. The average molecular weight is 237 g/mol. The fourth-order valence-electron chi connectivity index (χ4n) is 1.72. The highest BCUT2D eigenvalue weighted by Gasteiger charge is 2.26. The predicted molar refractivity (Wildman–Crippen MR) is 64.9 cm³/mol. The van der Waals surface area contributed by atoms with Crippen LogP contribution in [0.1, 0.15) is 19.0 Å². The Labute approximate surface area is 99.1 Å². The lowest BCUT2D eigenvalue weighted by molar-refractivity contribution is 0.127. The Morgan fingerprint density at radius 1 is 1.69 bits per heavy atom. The maximum atomic E-state index is 7.47. The van der Waals surface area contributed by atoms with Gasteiger partial charge in [-0.1, -0.05) is 0 Å². The van der Waals surface area contributed by atoms with Crippen LogP contribution in [0.15, 0.2) is 23.2 Å². The normalized spacial score (nSPS) is 24.6. The van der Waals surface area contributed by atoms with Gasteiger partial charge < -0.3 is 10.5 Å². The van der Waals surface area contributed by atoms with E-state index in [0.29, 0.717) is 10.9 Å². The Kier molecular flexibility index (Phi) is 3.46. The number of aromatic nitrogens is 1. The highest BCUT2D eigenvalue weighted by molar-refractivity contribution is 8.00. The van der Waals surface area contributed by atoms with Crippen LogP contribution >= 0.6 is 11.8 Å². The smallest absolute Gasteiger partial charge is 0.142 e. The zero-order valence-electron chi connectivity index (χ0n) is 9.14. The average Bonchev–Trinajstić information content (AvgIpc) is 2.65. The van der Waals surface area contributed by atoms with Crippen LogP contribution in [0.3, 0.4) is 0 Å². The van der Waals surface area contributed by atoms with Gasteiger partial charge in [0.05, 0.1) is 6.10 Å². The van der Waals surface area contributed by atoms with Crippen molar-refractivity contribution in [3.8, 4) is 0 Å². The van der Waals surface area contributed by atoms with Gasteiger partial charge in [0.1, 0.15) is 11.5 Å². The van der Waals surface area contributed by atoms with Crippen molar-refractivity contribution in [2.24, 2.45) is 5.73 Å². The maximum Gasteiger partial charge on any atom is 0.142 e. The summed E-state index contributed by atoms with van der Waals surface area (Å²) in [6.07, 6.45) is 2.96. The van der Waals surface area contributed by atoms with Crippen molar-refractivity contribution in [1.82, 2.24) is 4.98 Å². The second-order valence-corrected chi connectivity index (χ2v) is 5.07. The summed E-state index contributed by atoms with van der Waals surface area (Å²) in [7, 11) is 0. The van der Waals surface area contributed by atoms with Gasteiger partial charge in [-0.15, -0.1) is 11.8 Å². The first-order valence-electron chi connectivity index (χ1n) is 5.26. The zero-order valence-corrected chi connectivity index (χ0v) is 9.96. The number of ether oxygens (including phenoxy) is 1. The van der Waals surface area contributed by atoms with E-state index in [2.05, 4.69) is 11.9 Å². The van der Waals surface area contributed by atoms with Crippen molar-refractivity contribution >= 4 is 17.6 Å². The van der Waals surface area contributed by atoms with Crippen molar-refractivity contribution < 1.29 is 4.74 Å². The summed E-state index contributed by atoms with van der Waals surface area (Å²) in [6.45, 7) is 2.89. The summed E-state index contributed by atoms with van der Waals surface area (Å²) < 4.78 is 5.51. The summed E-state index contributed by atoms with van der Waals surface area (Å²) in [5.74, 6) is 0.0228. The minimum absolute atomic E-state index is 0.0228. The van der Waals surface area contributed by atoms with Gasteiger partial charge in [-0.05, 0) is 25.5 Å². The molecule has 1 aromatic heterocycles.